The number of carbonyl (C=O) groups excluding carboxylic acids is 1. The predicted molar refractivity (Wildman–Crippen MR) is 69.0 cm³/mol. The Morgan fingerprint density at radius 3 is 2.71 bits per heavy atom. The zero-order chi connectivity index (χ0) is 12.1. The van der Waals surface area contributed by atoms with Crippen LogP contribution in [0.3, 0.4) is 0 Å². The summed E-state index contributed by atoms with van der Waals surface area (Å²) in [5, 5.41) is 3.33. The average Bonchev–Trinajstić information content (AvgIpc) is 2.95. The van der Waals surface area contributed by atoms with Crippen molar-refractivity contribution in [2.45, 2.75) is 38.6 Å². The highest BCUT2D eigenvalue weighted by Crippen LogP contribution is 2.12. The first-order valence-corrected chi connectivity index (χ1v) is 7.06. The molecular weight excluding hydrogens is 214 g/mol. The van der Waals surface area contributed by atoms with Gasteiger partial charge < -0.3 is 15.1 Å². The second kappa shape index (κ2) is 6.36. The van der Waals surface area contributed by atoms with E-state index in [4.69, 9.17) is 0 Å². The van der Waals surface area contributed by atoms with Crippen molar-refractivity contribution in [3.05, 3.63) is 0 Å². The number of nitrogens with zero attached hydrogens (tertiary/aromatic N) is 2. The van der Waals surface area contributed by atoms with Crippen LogP contribution in [0.25, 0.3) is 0 Å². The molecule has 2 aliphatic rings. The Labute approximate surface area is 104 Å². The molecule has 2 rings (SSSR count). The van der Waals surface area contributed by atoms with E-state index in [9.17, 15) is 4.79 Å². The SMILES string of the molecule is CCCNC1CCN(CCN2CCCC2)C1=O. The Morgan fingerprint density at radius 2 is 2.00 bits per heavy atom. The summed E-state index contributed by atoms with van der Waals surface area (Å²) in [5.41, 5.74) is 0. The summed E-state index contributed by atoms with van der Waals surface area (Å²) in [6.45, 7) is 8.45. The summed E-state index contributed by atoms with van der Waals surface area (Å²) in [6.07, 6.45) is 4.74. The first-order valence-electron chi connectivity index (χ1n) is 7.06. The Morgan fingerprint density at radius 1 is 1.24 bits per heavy atom. The molecule has 1 amide bonds. The zero-order valence-corrected chi connectivity index (χ0v) is 11.0. The molecule has 0 aromatic heterocycles. The third-order valence-corrected chi connectivity index (χ3v) is 3.82. The van der Waals surface area contributed by atoms with E-state index in [1.54, 1.807) is 0 Å². The van der Waals surface area contributed by atoms with Gasteiger partial charge in [0.25, 0.3) is 0 Å². The monoisotopic (exact) mass is 239 g/mol. The molecule has 4 nitrogen and oxygen atoms in total. The van der Waals surface area contributed by atoms with Gasteiger partial charge in [-0.15, -0.1) is 0 Å². The number of hydrogen-bond donors (Lipinski definition) is 1. The van der Waals surface area contributed by atoms with Gasteiger partial charge in [0.1, 0.15) is 0 Å². The molecule has 98 valence electrons. The van der Waals surface area contributed by atoms with Crippen LogP contribution < -0.4 is 5.32 Å². The fraction of sp³-hybridized carbons (Fsp3) is 0.923. The first-order chi connectivity index (χ1) is 8.31. The highest BCUT2D eigenvalue weighted by atomic mass is 16.2. The van der Waals surface area contributed by atoms with Crippen LogP contribution in [0.5, 0.6) is 0 Å². The molecule has 17 heavy (non-hydrogen) atoms. The second-order valence-electron chi connectivity index (χ2n) is 5.17. The van der Waals surface area contributed by atoms with Crippen LogP contribution in [0.4, 0.5) is 0 Å². The van der Waals surface area contributed by atoms with Crippen molar-refractivity contribution in [2.75, 3.05) is 39.3 Å². The lowest BCUT2D eigenvalue weighted by atomic mass is 10.2. The van der Waals surface area contributed by atoms with E-state index in [-0.39, 0.29) is 6.04 Å². The van der Waals surface area contributed by atoms with Gasteiger partial charge in [-0.05, 0) is 45.3 Å². The van der Waals surface area contributed by atoms with Crippen LogP contribution in [-0.2, 0) is 4.79 Å². The average molecular weight is 239 g/mol. The van der Waals surface area contributed by atoms with Gasteiger partial charge >= 0.3 is 0 Å². The lowest BCUT2D eigenvalue weighted by Crippen LogP contribution is -2.41. The van der Waals surface area contributed by atoms with Crippen molar-refractivity contribution in [3.63, 3.8) is 0 Å². The standard InChI is InChI=1S/C13H25N3O/c1-2-6-14-12-5-9-16(13(12)17)11-10-15-7-3-4-8-15/h12,14H,2-11H2,1H3. The summed E-state index contributed by atoms with van der Waals surface area (Å²) < 4.78 is 0. The minimum absolute atomic E-state index is 0.0912. The van der Waals surface area contributed by atoms with Crippen molar-refractivity contribution in [1.29, 1.82) is 0 Å². The second-order valence-corrected chi connectivity index (χ2v) is 5.17. The number of nitrogens with one attached hydrogen (secondary N) is 1. The van der Waals surface area contributed by atoms with Crippen molar-refractivity contribution in [2.24, 2.45) is 0 Å². The van der Waals surface area contributed by atoms with E-state index >= 15 is 0 Å². The Hall–Kier alpha value is -0.610. The largest absolute Gasteiger partial charge is 0.340 e. The molecule has 0 aliphatic carbocycles. The summed E-state index contributed by atoms with van der Waals surface area (Å²) >= 11 is 0. The van der Waals surface area contributed by atoms with Crippen molar-refractivity contribution < 1.29 is 4.79 Å². The van der Waals surface area contributed by atoms with Crippen LogP contribution in [0.1, 0.15) is 32.6 Å². The van der Waals surface area contributed by atoms with Gasteiger partial charge in [0.05, 0.1) is 6.04 Å². The summed E-state index contributed by atoms with van der Waals surface area (Å²) in [6, 6.07) is 0.0912. The smallest absolute Gasteiger partial charge is 0.239 e. The molecule has 2 fully saturated rings. The summed E-state index contributed by atoms with van der Waals surface area (Å²) in [5.74, 6) is 0.317. The van der Waals surface area contributed by atoms with Gasteiger partial charge in [0, 0.05) is 19.6 Å². The number of hydrogen-bond acceptors (Lipinski definition) is 3. The highest BCUT2D eigenvalue weighted by Gasteiger charge is 2.30. The van der Waals surface area contributed by atoms with E-state index in [2.05, 4.69) is 17.1 Å². The molecule has 0 aromatic rings. The highest BCUT2D eigenvalue weighted by molar-refractivity contribution is 5.83. The van der Waals surface area contributed by atoms with Gasteiger partial charge in [0.15, 0.2) is 0 Å². The zero-order valence-electron chi connectivity index (χ0n) is 11.0. The number of carbonyl (C=O) groups is 1. The molecule has 2 aliphatic heterocycles. The van der Waals surface area contributed by atoms with Crippen molar-refractivity contribution in [1.82, 2.24) is 15.1 Å². The van der Waals surface area contributed by atoms with Crippen LogP contribution in [-0.4, -0.2) is 61.0 Å². The molecule has 0 aromatic carbocycles. The van der Waals surface area contributed by atoms with Crippen molar-refractivity contribution >= 4 is 5.91 Å². The van der Waals surface area contributed by atoms with Gasteiger partial charge in [-0.3, -0.25) is 4.79 Å². The molecule has 0 spiro atoms. The lowest BCUT2D eigenvalue weighted by Gasteiger charge is -2.21. The third-order valence-electron chi connectivity index (χ3n) is 3.82. The summed E-state index contributed by atoms with van der Waals surface area (Å²) in [7, 11) is 0. The molecule has 0 saturated carbocycles. The Kier molecular flexibility index (Phi) is 4.80. The molecule has 4 heteroatoms. The van der Waals surface area contributed by atoms with Crippen LogP contribution in [0.2, 0.25) is 0 Å². The maximum Gasteiger partial charge on any atom is 0.239 e. The topological polar surface area (TPSA) is 35.6 Å². The predicted octanol–water partition coefficient (Wildman–Crippen LogP) is 0.683. The van der Waals surface area contributed by atoms with E-state index in [0.29, 0.717) is 5.91 Å². The van der Waals surface area contributed by atoms with Gasteiger partial charge in [-0.25, -0.2) is 0 Å². The quantitative estimate of drug-likeness (QED) is 0.740. The molecule has 0 radical (unpaired) electrons. The maximum atomic E-state index is 12.1. The Bertz CT molecular complexity index is 251. The summed E-state index contributed by atoms with van der Waals surface area (Å²) in [4.78, 5) is 16.6. The number of rotatable bonds is 6. The van der Waals surface area contributed by atoms with E-state index in [1.165, 1.54) is 25.9 Å². The number of likely N-dealkylation sites (tertiary alicyclic amines) is 2. The molecular formula is C13H25N3O. The maximum absolute atomic E-state index is 12.1. The van der Waals surface area contributed by atoms with E-state index in [0.717, 1.165) is 39.0 Å². The van der Waals surface area contributed by atoms with Crippen molar-refractivity contribution in [3.8, 4) is 0 Å². The van der Waals surface area contributed by atoms with Crippen LogP contribution in [0, 0.1) is 0 Å². The van der Waals surface area contributed by atoms with Gasteiger partial charge in [-0.1, -0.05) is 6.92 Å². The molecule has 1 N–H and O–H groups in total. The van der Waals surface area contributed by atoms with E-state index in [1.807, 2.05) is 4.90 Å². The minimum Gasteiger partial charge on any atom is -0.340 e. The molecule has 1 atom stereocenters. The third kappa shape index (κ3) is 3.42. The first kappa shape index (κ1) is 12.8. The number of amides is 1. The fourth-order valence-electron chi connectivity index (χ4n) is 2.74. The van der Waals surface area contributed by atoms with Crippen LogP contribution >= 0.6 is 0 Å². The Balaban J connectivity index is 1.69. The normalized spacial score (nSPS) is 26.1. The molecule has 1 unspecified atom stereocenters. The lowest BCUT2D eigenvalue weighted by molar-refractivity contribution is -0.129. The molecule has 0 bridgehead atoms. The van der Waals surface area contributed by atoms with Gasteiger partial charge in [0.2, 0.25) is 5.91 Å². The van der Waals surface area contributed by atoms with E-state index < -0.39 is 0 Å². The van der Waals surface area contributed by atoms with Crippen LogP contribution in [0.15, 0.2) is 0 Å². The van der Waals surface area contributed by atoms with Gasteiger partial charge in [-0.2, -0.15) is 0 Å². The molecule has 2 saturated heterocycles. The fourth-order valence-corrected chi connectivity index (χ4v) is 2.74. The molecule has 2 heterocycles. The minimum atomic E-state index is 0.0912.